The van der Waals surface area contributed by atoms with Gasteiger partial charge in [-0.15, -0.1) is 0 Å². The average molecular weight is 150 g/mol. The number of rotatable bonds is 0. The van der Waals surface area contributed by atoms with Gasteiger partial charge in [-0.2, -0.15) is 4.21 Å². The van der Waals surface area contributed by atoms with E-state index in [1.54, 1.807) is 0 Å². The summed E-state index contributed by atoms with van der Waals surface area (Å²) >= 11 is -1.50. The van der Waals surface area contributed by atoms with Gasteiger partial charge in [-0.25, -0.2) is 0 Å². The van der Waals surface area contributed by atoms with E-state index >= 15 is 0 Å². The second kappa shape index (κ2) is 2.77. The Morgan fingerprint density at radius 2 is 1.78 bits per heavy atom. The predicted molar refractivity (Wildman–Crippen MR) is 33.9 cm³/mol. The maximum Gasteiger partial charge on any atom is 0.305 e. The Bertz CT molecular complexity index is 113. The monoisotopic (exact) mass is 150 g/mol. The molecule has 1 heterocycles. The molecule has 54 valence electrons. The molecule has 0 N–H and O–H groups in total. The molecular formula is C5H10O3S. The third-order valence-corrected chi connectivity index (χ3v) is 2.12. The highest BCUT2D eigenvalue weighted by Gasteiger charge is 2.21. The second-order valence-corrected chi connectivity index (χ2v) is 3.05. The molecular weight excluding hydrogens is 140 g/mol. The summed E-state index contributed by atoms with van der Waals surface area (Å²) in [5.41, 5.74) is 0. The van der Waals surface area contributed by atoms with Crippen LogP contribution in [-0.2, 0) is 19.7 Å². The van der Waals surface area contributed by atoms with Gasteiger partial charge in [-0.3, -0.25) is 8.37 Å². The summed E-state index contributed by atoms with van der Waals surface area (Å²) < 4.78 is 20.2. The van der Waals surface area contributed by atoms with Crippen molar-refractivity contribution in [3.05, 3.63) is 0 Å². The highest BCUT2D eigenvalue weighted by molar-refractivity contribution is 7.75. The summed E-state index contributed by atoms with van der Waals surface area (Å²) in [6.07, 6.45) is 0.954. The normalized spacial score (nSPS) is 44.9. The van der Waals surface area contributed by atoms with Crippen LogP contribution in [0.5, 0.6) is 0 Å². The lowest BCUT2D eigenvalue weighted by Gasteiger charge is -2.22. The highest BCUT2D eigenvalue weighted by Crippen LogP contribution is 2.15. The molecule has 1 saturated heterocycles. The lowest BCUT2D eigenvalue weighted by molar-refractivity contribution is 0.0777. The van der Waals surface area contributed by atoms with Crippen molar-refractivity contribution in [2.24, 2.45) is 0 Å². The molecule has 0 aromatic heterocycles. The van der Waals surface area contributed by atoms with Crippen LogP contribution in [0.3, 0.4) is 0 Å². The van der Waals surface area contributed by atoms with Crippen molar-refractivity contribution in [2.45, 2.75) is 32.5 Å². The van der Waals surface area contributed by atoms with Gasteiger partial charge in [0.1, 0.15) is 0 Å². The van der Waals surface area contributed by atoms with E-state index in [0.29, 0.717) is 0 Å². The maximum atomic E-state index is 10.6. The van der Waals surface area contributed by atoms with Gasteiger partial charge in [-0.05, 0) is 13.8 Å². The minimum absolute atomic E-state index is 0.0644. The summed E-state index contributed by atoms with van der Waals surface area (Å²) in [6.45, 7) is 3.77. The van der Waals surface area contributed by atoms with Crippen LogP contribution >= 0.6 is 0 Å². The third kappa shape index (κ3) is 2.04. The van der Waals surface area contributed by atoms with Gasteiger partial charge in [0.05, 0.1) is 12.2 Å². The van der Waals surface area contributed by atoms with E-state index in [2.05, 4.69) is 0 Å². The van der Waals surface area contributed by atoms with Crippen molar-refractivity contribution in [1.29, 1.82) is 0 Å². The lowest BCUT2D eigenvalue weighted by atomic mass is 10.2. The fourth-order valence-corrected chi connectivity index (χ4v) is 1.58. The number of hydrogen-bond acceptors (Lipinski definition) is 3. The van der Waals surface area contributed by atoms with Crippen LogP contribution < -0.4 is 0 Å². The zero-order valence-electron chi connectivity index (χ0n) is 5.49. The summed E-state index contributed by atoms with van der Waals surface area (Å²) in [5.74, 6) is 0. The molecule has 0 aliphatic carbocycles. The molecule has 0 unspecified atom stereocenters. The topological polar surface area (TPSA) is 35.5 Å². The van der Waals surface area contributed by atoms with Crippen molar-refractivity contribution >= 4 is 11.4 Å². The lowest BCUT2D eigenvalue weighted by Crippen LogP contribution is -2.27. The zero-order valence-corrected chi connectivity index (χ0v) is 6.31. The molecule has 1 aliphatic rings. The second-order valence-electron chi connectivity index (χ2n) is 2.25. The molecule has 0 radical (unpaired) electrons. The first-order valence-electron chi connectivity index (χ1n) is 2.94. The van der Waals surface area contributed by atoms with Gasteiger partial charge >= 0.3 is 11.4 Å². The van der Waals surface area contributed by atoms with Gasteiger partial charge < -0.3 is 0 Å². The average Bonchev–Trinajstić information content (AvgIpc) is 1.59. The Morgan fingerprint density at radius 1 is 1.33 bits per heavy atom. The molecule has 1 rings (SSSR count). The van der Waals surface area contributed by atoms with Crippen LogP contribution in [0.15, 0.2) is 0 Å². The summed E-state index contributed by atoms with van der Waals surface area (Å²) in [5, 5.41) is 0. The van der Waals surface area contributed by atoms with E-state index in [-0.39, 0.29) is 12.2 Å². The molecule has 0 aromatic carbocycles. The van der Waals surface area contributed by atoms with Crippen LogP contribution in [0.4, 0.5) is 0 Å². The van der Waals surface area contributed by atoms with Gasteiger partial charge in [0.25, 0.3) is 0 Å². The van der Waals surface area contributed by atoms with Gasteiger partial charge in [0.2, 0.25) is 0 Å². The van der Waals surface area contributed by atoms with Crippen molar-refractivity contribution in [3.8, 4) is 0 Å². The largest absolute Gasteiger partial charge is 0.305 e. The SMILES string of the molecule is C[C@@H]1C[C@@H](C)OS(=O)O1. The molecule has 0 aromatic rings. The zero-order chi connectivity index (χ0) is 6.85. The standard InChI is InChI=1S/C5H10O3S/c1-4-3-5(2)8-9(6)7-4/h4-5H,3H2,1-2H3/t4-,5-/m1/s1. The number of hydrogen-bond donors (Lipinski definition) is 0. The Labute approximate surface area is 57.2 Å². The summed E-state index contributed by atoms with van der Waals surface area (Å²) in [7, 11) is 0. The van der Waals surface area contributed by atoms with Crippen LogP contribution in [0, 0.1) is 0 Å². The fourth-order valence-electron chi connectivity index (χ4n) is 0.837. The smallest absolute Gasteiger partial charge is 0.265 e. The minimum Gasteiger partial charge on any atom is -0.265 e. The van der Waals surface area contributed by atoms with Crippen molar-refractivity contribution in [3.63, 3.8) is 0 Å². The van der Waals surface area contributed by atoms with Gasteiger partial charge in [-0.1, -0.05) is 0 Å². The Morgan fingerprint density at radius 3 is 2.11 bits per heavy atom. The van der Waals surface area contributed by atoms with Crippen LogP contribution in [-0.4, -0.2) is 16.4 Å². The summed E-state index contributed by atoms with van der Waals surface area (Å²) in [4.78, 5) is 0. The molecule has 1 fully saturated rings. The maximum absolute atomic E-state index is 10.6. The van der Waals surface area contributed by atoms with E-state index in [4.69, 9.17) is 8.37 Å². The van der Waals surface area contributed by atoms with E-state index in [9.17, 15) is 4.21 Å². The van der Waals surface area contributed by atoms with Crippen molar-refractivity contribution < 1.29 is 12.6 Å². The minimum atomic E-state index is -1.50. The predicted octanol–water partition coefficient (Wildman–Crippen LogP) is 0.779. The van der Waals surface area contributed by atoms with Crippen LogP contribution in [0.25, 0.3) is 0 Å². The molecule has 0 saturated carbocycles. The molecule has 1 aliphatic heterocycles. The first-order valence-corrected chi connectivity index (χ1v) is 3.94. The first kappa shape index (κ1) is 7.18. The Kier molecular flexibility index (Phi) is 2.21. The summed E-state index contributed by atoms with van der Waals surface area (Å²) in [6, 6.07) is 0. The highest BCUT2D eigenvalue weighted by atomic mass is 32.2. The molecule has 0 spiro atoms. The molecule has 9 heavy (non-hydrogen) atoms. The molecule has 0 amide bonds. The fraction of sp³-hybridized carbons (Fsp3) is 1.00. The van der Waals surface area contributed by atoms with E-state index < -0.39 is 11.4 Å². The molecule has 4 heteroatoms. The Balaban J connectivity index is 2.43. The molecule has 2 atom stereocenters. The quantitative estimate of drug-likeness (QED) is 0.512. The van der Waals surface area contributed by atoms with E-state index in [1.165, 1.54) is 0 Å². The molecule has 3 nitrogen and oxygen atoms in total. The van der Waals surface area contributed by atoms with E-state index in [1.807, 2.05) is 13.8 Å². The van der Waals surface area contributed by atoms with Crippen molar-refractivity contribution in [1.82, 2.24) is 0 Å². The Hall–Kier alpha value is 0.0700. The molecule has 0 bridgehead atoms. The van der Waals surface area contributed by atoms with Crippen molar-refractivity contribution in [2.75, 3.05) is 0 Å². The van der Waals surface area contributed by atoms with Crippen LogP contribution in [0.1, 0.15) is 20.3 Å². The third-order valence-electron chi connectivity index (χ3n) is 1.15. The van der Waals surface area contributed by atoms with Gasteiger partial charge in [0, 0.05) is 6.42 Å². The van der Waals surface area contributed by atoms with Crippen LogP contribution in [0.2, 0.25) is 0 Å². The van der Waals surface area contributed by atoms with E-state index in [0.717, 1.165) is 6.42 Å². The first-order chi connectivity index (χ1) is 4.18. The van der Waals surface area contributed by atoms with Gasteiger partial charge in [0.15, 0.2) is 0 Å².